The van der Waals surface area contributed by atoms with Gasteiger partial charge in [0.15, 0.2) is 0 Å². The summed E-state index contributed by atoms with van der Waals surface area (Å²) >= 11 is 3.18. The van der Waals surface area contributed by atoms with Crippen LogP contribution in [-0.2, 0) is 6.54 Å². The van der Waals surface area contributed by atoms with E-state index in [1.807, 2.05) is 24.5 Å². The van der Waals surface area contributed by atoms with Gasteiger partial charge in [0.05, 0.1) is 16.6 Å². The second kappa shape index (κ2) is 7.25. The molecule has 1 heterocycles. The number of hydrogen-bond acceptors (Lipinski definition) is 3. The number of carbonyl (C=O) groups is 2. The van der Waals surface area contributed by atoms with Crippen LogP contribution in [0.4, 0.5) is 4.39 Å². The molecule has 0 unspecified atom stereocenters. The first-order chi connectivity index (χ1) is 12.4. The number of hydrogen-bond donors (Lipinski definition) is 2. The van der Waals surface area contributed by atoms with E-state index < -0.39 is 17.6 Å². The van der Waals surface area contributed by atoms with E-state index in [1.165, 1.54) is 18.2 Å². The molecule has 2 aromatic carbocycles. The van der Waals surface area contributed by atoms with E-state index in [0.29, 0.717) is 15.6 Å². The molecule has 6 nitrogen and oxygen atoms in total. The molecule has 1 aromatic heterocycles. The Balaban J connectivity index is 1.75. The fourth-order valence-electron chi connectivity index (χ4n) is 2.72. The molecule has 134 valence electrons. The van der Waals surface area contributed by atoms with E-state index in [2.05, 4.69) is 31.8 Å². The quantitative estimate of drug-likeness (QED) is 0.640. The SMILES string of the molecule is CCn1c(C)nc2cc(C(=O)NNC(=O)c3cc(Br)ccc3F)ccc21. The first-order valence-corrected chi connectivity index (χ1v) is 8.72. The van der Waals surface area contributed by atoms with Gasteiger partial charge in [0, 0.05) is 16.6 Å². The minimum absolute atomic E-state index is 0.174. The average molecular weight is 419 g/mol. The Morgan fingerprint density at radius 1 is 1.15 bits per heavy atom. The molecule has 8 heteroatoms. The van der Waals surface area contributed by atoms with Crippen LogP contribution in [0.15, 0.2) is 40.9 Å². The number of nitrogens with zero attached hydrogens (tertiary/aromatic N) is 2. The molecule has 0 atom stereocenters. The summed E-state index contributed by atoms with van der Waals surface area (Å²) in [6.07, 6.45) is 0. The zero-order chi connectivity index (χ0) is 18.8. The summed E-state index contributed by atoms with van der Waals surface area (Å²) in [5, 5.41) is 0. The highest BCUT2D eigenvalue weighted by Gasteiger charge is 2.15. The molecule has 0 aliphatic rings. The molecule has 0 bridgehead atoms. The van der Waals surface area contributed by atoms with Crippen molar-refractivity contribution in [1.82, 2.24) is 20.4 Å². The zero-order valence-corrected chi connectivity index (χ0v) is 15.7. The molecule has 3 rings (SSSR count). The second-order valence-electron chi connectivity index (χ2n) is 5.64. The van der Waals surface area contributed by atoms with Crippen LogP contribution in [0.3, 0.4) is 0 Å². The van der Waals surface area contributed by atoms with Gasteiger partial charge in [-0.2, -0.15) is 0 Å². The van der Waals surface area contributed by atoms with Crippen LogP contribution in [0.1, 0.15) is 33.5 Å². The monoisotopic (exact) mass is 418 g/mol. The van der Waals surface area contributed by atoms with Gasteiger partial charge >= 0.3 is 0 Å². The fourth-order valence-corrected chi connectivity index (χ4v) is 3.08. The van der Waals surface area contributed by atoms with Crippen LogP contribution < -0.4 is 10.9 Å². The highest BCUT2D eigenvalue weighted by atomic mass is 79.9. The highest BCUT2D eigenvalue weighted by molar-refractivity contribution is 9.10. The van der Waals surface area contributed by atoms with Crippen LogP contribution in [0.25, 0.3) is 11.0 Å². The standard InChI is InChI=1S/C18H16BrFN4O2/c1-3-24-10(2)21-15-8-11(4-7-16(15)24)17(25)22-23-18(26)13-9-12(19)5-6-14(13)20/h4-9H,3H2,1-2H3,(H,22,25)(H,23,26). The summed E-state index contributed by atoms with van der Waals surface area (Å²) in [6, 6.07) is 9.09. The van der Waals surface area contributed by atoms with Crippen molar-refractivity contribution in [3.05, 3.63) is 63.6 Å². The van der Waals surface area contributed by atoms with E-state index in [0.717, 1.165) is 17.9 Å². The normalized spacial score (nSPS) is 10.8. The van der Waals surface area contributed by atoms with Crippen molar-refractivity contribution in [3.8, 4) is 0 Å². The summed E-state index contributed by atoms with van der Waals surface area (Å²) in [6.45, 7) is 4.70. The van der Waals surface area contributed by atoms with Gasteiger partial charge in [-0.05, 0) is 50.2 Å². The molecule has 0 saturated heterocycles. The van der Waals surface area contributed by atoms with Crippen molar-refractivity contribution in [2.75, 3.05) is 0 Å². The van der Waals surface area contributed by atoms with Gasteiger partial charge in [0.25, 0.3) is 11.8 Å². The third-order valence-electron chi connectivity index (χ3n) is 3.98. The van der Waals surface area contributed by atoms with Crippen LogP contribution in [0.5, 0.6) is 0 Å². The first kappa shape index (κ1) is 18.1. The molecule has 0 radical (unpaired) electrons. The van der Waals surface area contributed by atoms with Gasteiger partial charge in [0.1, 0.15) is 11.6 Å². The number of amides is 2. The summed E-state index contributed by atoms with van der Waals surface area (Å²) in [4.78, 5) is 28.8. The Hall–Kier alpha value is -2.74. The van der Waals surface area contributed by atoms with Crippen molar-refractivity contribution in [2.24, 2.45) is 0 Å². The van der Waals surface area contributed by atoms with Crippen molar-refractivity contribution in [3.63, 3.8) is 0 Å². The van der Waals surface area contributed by atoms with E-state index in [-0.39, 0.29) is 5.56 Å². The first-order valence-electron chi connectivity index (χ1n) is 7.93. The van der Waals surface area contributed by atoms with Crippen molar-refractivity contribution in [2.45, 2.75) is 20.4 Å². The smallest absolute Gasteiger partial charge is 0.272 e. The van der Waals surface area contributed by atoms with Crippen LogP contribution >= 0.6 is 15.9 Å². The molecule has 0 saturated carbocycles. The Kier molecular flexibility index (Phi) is 5.03. The lowest BCUT2D eigenvalue weighted by Gasteiger charge is -2.09. The number of rotatable bonds is 3. The van der Waals surface area contributed by atoms with Gasteiger partial charge in [-0.15, -0.1) is 0 Å². The minimum atomic E-state index is -0.746. The lowest BCUT2D eigenvalue weighted by Crippen LogP contribution is -2.41. The van der Waals surface area contributed by atoms with E-state index in [4.69, 9.17) is 0 Å². The third kappa shape index (κ3) is 3.45. The van der Waals surface area contributed by atoms with E-state index in [9.17, 15) is 14.0 Å². The Morgan fingerprint density at radius 3 is 2.62 bits per heavy atom. The van der Waals surface area contributed by atoms with Crippen molar-refractivity contribution in [1.29, 1.82) is 0 Å². The number of nitrogens with one attached hydrogen (secondary N) is 2. The number of aromatic nitrogens is 2. The molecule has 2 amide bonds. The summed E-state index contributed by atoms with van der Waals surface area (Å²) in [5.41, 5.74) is 6.30. The maximum absolute atomic E-state index is 13.7. The topological polar surface area (TPSA) is 76.0 Å². The zero-order valence-electron chi connectivity index (χ0n) is 14.1. The number of imidazole rings is 1. The summed E-state index contributed by atoms with van der Waals surface area (Å²) in [7, 11) is 0. The molecule has 2 N–H and O–H groups in total. The molecule has 3 aromatic rings. The number of carbonyl (C=O) groups excluding carboxylic acids is 2. The van der Waals surface area contributed by atoms with Crippen LogP contribution in [0, 0.1) is 12.7 Å². The maximum atomic E-state index is 13.7. The van der Waals surface area contributed by atoms with E-state index >= 15 is 0 Å². The number of halogens is 2. The predicted molar refractivity (Wildman–Crippen MR) is 99.2 cm³/mol. The molecule has 0 fully saturated rings. The van der Waals surface area contributed by atoms with Gasteiger partial charge < -0.3 is 4.57 Å². The van der Waals surface area contributed by atoms with Gasteiger partial charge in [-0.25, -0.2) is 9.37 Å². The average Bonchev–Trinajstić information content (AvgIpc) is 2.95. The van der Waals surface area contributed by atoms with Gasteiger partial charge in [0.2, 0.25) is 0 Å². The summed E-state index contributed by atoms with van der Waals surface area (Å²) in [5.74, 6) is -1.08. The molecule has 0 aliphatic carbocycles. The number of hydrazine groups is 1. The number of benzene rings is 2. The Bertz CT molecular complexity index is 1020. The van der Waals surface area contributed by atoms with Crippen LogP contribution in [-0.4, -0.2) is 21.4 Å². The van der Waals surface area contributed by atoms with E-state index in [1.54, 1.807) is 12.1 Å². The largest absolute Gasteiger partial charge is 0.329 e. The molecular formula is C18H16BrFN4O2. The number of aryl methyl sites for hydroxylation is 2. The third-order valence-corrected chi connectivity index (χ3v) is 4.47. The van der Waals surface area contributed by atoms with Crippen molar-refractivity contribution >= 4 is 38.8 Å². The summed E-state index contributed by atoms with van der Waals surface area (Å²) < 4.78 is 16.3. The van der Waals surface area contributed by atoms with Crippen LogP contribution in [0.2, 0.25) is 0 Å². The minimum Gasteiger partial charge on any atom is -0.329 e. The van der Waals surface area contributed by atoms with Gasteiger partial charge in [-0.3, -0.25) is 20.4 Å². The van der Waals surface area contributed by atoms with Gasteiger partial charge in [-0.1, -0.05) is 15.9 Å². The maximum Gasteiger partial charge on any atom is 0.272 e. The molecule has 0 aliphatic heterocycles. The second-order valence-corrected chi connectivity index (χ2v) is 6.55. The fraction of sp³-hybridized carbons (Fsp3) is 0.167. The number of fused-ring (bicyclic) bond motifs is 1. The molecule has 26 heavy (non-hydrogen) atoms. The Morgan fingerprint density at radius 2 is 1.88 bits per heavy atom. The highest BCUT2D eigenvalue weighted by Crippen LogP contribution is 2.18. The predicted octanol–water partition coefficient (Wildman–Crippen LogP) is 3.34. The lowest BCUT2D eigenvalue weighted by atomic mass is 10.2. The lowest BCUT2D eigenvalue weighted by molar-refractivity contribution is 0.0844. The molecule has 0 spiro atoms. The van der Waals surface area contributed by atoms with Crippen molar-refractivity contribution < 1.29 is 14.0 Å². The molecular weight excluding hydrogens is 403 g/mol. The Labute approximate surface area is 157 Å².